The van der Waals surface area contributed by atoms with E-state index in [4.69, 9.17) is 5.73 Å². The lowest BCUT2D eigenvalue weighted by Gasteiger charge is -2.18. The Labute approximate surface area is 87.4 Å². The molecule has 0 atom stereocenters. The number of guanidine groups is 1. The first-order valence-electron chi connectivity index (χ1n) is 5.12. The van der Waals surface area contributed by atoms with Crippen LogP contribution < -0.4 is 16.4 Å². The minimum absolute atomic E-state index is 0.358. The Morgan fingerprint density at radius 3 is 2.43 bits per heavy atom. The van der Waals surface area contributed by atoms with Crippen molar-refractivity contribution in [2.24, 2.45) is 16.1 Å². The standard InChI is InChI=1S/C10H24N4/c1-10(2,3)8-13-6-5-7-14-9(11)12-4/h13H,5-8H2,1-4H3,(H3,11,12,14). The SMILES string of the molecule is CN=C(N)NCCCNCC(C)(C)C. The molecule has 0 heterocycles. The first kappa shape index (κ1) is 13.2. The van der Waals surface area contributed by atoms with E-state index < -0.39 is 0 Å². The molecule has 0 saturated carbocycles. The van der Waals surface area contributed by atoms with Gasteiger partial charge >= 0.3 is 0 Å². The molecular weight excluding hydrogens is 176 g/mol. The van der Waals surface area contributed by atoms with E-state index in [2.05, 4.69) is 36.4 Å². The van der Waals surface area contributed by atoms with Crippen molar-refractivity contribution in [1.82, 2.24) is 10.6 Å². The third kappa shape index (κ3) is 9.32. The van der Waals surface area contributed by atoms with E-state index in [1.165, 1.54) is 0 Å². The molecule has 0 aliphatic heterocycles. The second-order valence-corrected chi connectivity index (χ2v) is 4.63. The van der Waals surface area contributed by atoms with Gasteiger partial charge in [-0.15, -0.1) is 0 Å². The molecule has 4 N–H and O–H groups in total. The highest BCUT2D eigenvalue weighted by atomic mass is 15.1. The highest BCUT2D eigenvalue weighted by molar-refractivity contribution is 5.77. The summed E-state index contributed by atoms with van der Waals surface area (Å²) in [5.74, 6) is 0.515. The van der Waals surface area contributed by atoms with E-state index in [-0.39, 0.29) is 0 Å². The molecule has 0 bridgehead atoms. The summed E-state index contributed by atoms with van der Waals surface area (Å²) >= 11 is 0. The zero-order valence-electron chi connectivity index (χ0n) is 9.85. The Morgan fingerprint density at radius 1 is 1.29 bits per heavy atom. The molecule has 0 aromatic carbocycles. The molecule has 4 nitrogen and oxygen atoms in total. The van der Waals surface area contributed by atoms with Gasteiger partial charge in [-0.1, -0.05) is 20.8 Å². The Bertz CT molecular complexity index is 169. The van der Waals surface area contributed by atoms with Crippen molar-refractivity contribution in [3.8, 4) is 0 Å². The van der Waals surface area contributed by atoms with Crippen LogP contribution in [0.2, 0.25) is 0 Å². The van der Waals surface area contributed by atoms with Gasteiger partial charge in [0.2, 0.25) is 0 Å². The van der Waals surface area contributed by atoms with Crippen LogP contribution in [0.4, 0.5) is 0 Å². The minimum atomic E-state index is 0.358. The number of nitrogens with two attached hydrogens (primary N) is 1. The largest absolute Gasteiger partial charge is 0.370 e. The molecule has 0 fully saturated rings. The molecule has 0 rings (SSSR count). The summed E-state index contributed by atoms with van der Waals surface area (Å²) in [7, 11) is 1.68. The van der Waals surface area contributed by atoms with Crippen molar-refractivity contribution in [2.75, 3.05) is 26.7 Å². The van der Waals surface area contributed by atoms with Crippen LogP contribution in [0.3, 0.4) is 0 Å². The summed E-state index contributed by atoms with van der Waals surface area (Å²) in [6, 6.07) is 0. The second kappa shape index (κ2) is 6.65. The van der Waals surface area contributed by atoms with Crippen molar-refractivity contribution in [3.05, 3.63) is 0 Å². The van der Waals surface area contributed by atoms with E-state index in [1.54, 1.807) is 7.05 Å². The lowest BCUT2D eigenvalue weighted by molar-refractivity contribution is 0.379. The van der Waals surface area contributed by atoms with E-state index in [0.29, 0.717) is 11.4 Å². The maximum Gasteiger partial charge on any atom is 0.188 e. The van der Waals surface area contributed by atoms with E-state index in [9.17, 15) is 0 Å². The van der Waals surface area contributed by atoms with Crippen LogP contribution in [0.1, 0.15) is 27.2 Å². The fraction of sp³-hybridized carbons (Fsp3) is 0.900. The third-order valence-corrected chi connectivity index (χ3v) is 1.73. The van der Waals surface area contributed by atoms with Crippen molar-refractivity contribution >= 4 is 5.96 Å². The fourth-order valence-electron chi connectivity index (χ4n) is 0.972. The van der Waals surface area contributed by atoms with Gasteiger partial charge in [-0.25, -0.2) is 0 Å². The van der Waals surface area contributed by atoms with Crippen LogP contribution in [-0.2, 0) is 0 Å². The van der Waals surface area contributed by atoms with Crippen LogP contribution in [0, 0.1) is 5.41 Å². The Morgan fingerprint density at radius 2 is 1.93 bits per heavy atom. The summed E-state index contributed by atoms with van der Waals surface area (Å²) in [4.78, 5) is 3.81. The zero-order chi connectivity index (χ0) is 11.0. The van der Waals surface area contributed by atoms with Gasteiger partial charge < -0.3 is 16.4 Å². The van der Waals surface area contributed by atoms with Gasteiger partial charge in [0.05, 0.1) is 0 Å². The van der Waals surface area contributed by atoms with Crippen molar-refractivity contribution in [1.29, 1.82) is 0 Å². The molecule has 0 radical (unpaired) electrons. The summed E-state index contributed by atoms with van der Waals surface area (Å²) in [6.45, 7) is 9.60. The summed E-state index contributed by atoms with van der Waals surface area (Å²) < 4.78 is 0. The molecule has 84 valence electrons. The normalized spacial score (nSPS) is 13.0. The molecule has 0 aromatic heterocycles. The van der Waals surface area contributed by atoms with Crippen molar-refractivity contribution < 1.29 is 0 Å². The van der Waals surface area contributed by atoms with Crippen molar-refractivity contribution in [2.45, 2.75) is 27.2 Å². The van der Waals surface area contributed by atoms with Crippen LogP contribution in [0.5, 0.6) is 0 Å². The molecule has 0 amide bonds. The van der Waals surface area contributed by atoms with Crippen LogP contribution in [0.25, 0.3) is 0 Å². The quantitative estimate of drug-likeness (QED) is 0.345. The third-order valence-electron chi connectivity index (χ3n) is 1.73. The number of nitrogens with one attached hydrogen (secondary N) is 2. The topological polar surface area (TPSA) is 62.4 Å². The molecule has 0 unspecified atom stereocenters. The van der Waals surface area contributed by atoms with E-state index in [0.717, 1.165) is 26.1 Å². The Balaban J connectivity index is 3.23. The smallest absolute Gasteiger partial charge is 0.188 e. The van der Waals surface area contributed by atoms with E-state index in [1.807, 2.05) is 0 Å². The molecule has 0 saturated heterocycles. The molecule has 0 aromatic rings. The van der Waals surface area contributed by atoms with Gasteiger partial charge in [0, 0.05) is 13.6 Å². The van der Waals surface area contributed by atoms with Gasteiger partial charge in [-0.05, 0) is 24.9 Å². The Kier molecular flexibility index (Phi) is 6.28. The number of hydrogen-bond donors (Lipinski definition) is 3. The highest BCUT2D eigenvalue weighted by Gasteiger charge is 2.07. The Hall–Kier alpha value is -0.770. The number of hydrogen-bond acceptors (Lipinski definition) is 2. The molecule has 0 aliphatic rings. The first-order chi connectivity index (χ1) is 6.45. The highest BCUT2D eigenvalue weighted by Crippen LogP contribution is 2.09. The maximum absolute atomic E-state index is 5.48. The van der Waals surface area contributed by atoms with Gasteiger partial charge in [-0.3, -0.25) is 4.99 Å². The van der Waals surface area contributed by atoms with Crippen LogP contribution in [0.15, 0.2) is 4.99 Å². The second-order valence-electron chi connectivity index (χ2n) is 4.63. The first-order valence-corrected chi connectivity index (χ1v) is 5.12. The summed E-state index contributed by atoms with van der Waals surface area (Å²) in [5, 5.41) is 6.41. The minimum Gasteiger partial charge on any atom is -0.370 e. The maximum atomic E-state index is 5.48. The summed E-state index contributed by atoms with van der Waals surface area (Å²) in [6.07, 6.45) is 1.06. The molecule has 0 aliphatic carbocycles. The average molecular weight is 200 g/mol. The van der Waals surface area contributed by atoms with Gasteiger partial charge in [0.25, 0.3) is 0 Å². The molecule has 4 heteroatoms. The average Bonchev–Trinajstić information content (AvgIpc) is 2.08. The molecular formula is C10H24N4. The predicted molar refractivity (Wildman–Crippen MR) is 62.5 cm³/mol. The number of rotatable bonds is 5. The zero-order valence-corrected chi connectivity index (χ0v) is 9.85. The molecule has 0 spiro atoms. The number of nitrogens with zero attached hydrogens (tertiary/aromatic N) is 1. The number of aliphatic imine (C=N–C) groups is 1. The van der Waals surface area contributed by atoms with Gasteiger partial charge in [0.15, 0.2) is 5.96 Å². The van der Waals surface area contributed by atoms with E-state index >= 15 is 0 Å². The van der Waals surface area contributed by atoms with Crippen molar-refractivity contribution in [3.63, 3.8) is 0 Å². The fourth-order valence-corrected chi connectivity index (χ4v) is 0.972. The summed E-state index contributed by atoms with van der Waals surface area (Å²) in [5.41, 5.74) is 5.83. The molecule has 14 heavy (non-hydrogen) atoms. The van der Waals surface area contributed by atoms with Gasteiger partial charge in [-0.2, -0.15) is 0 Å². The lowest BCUT2D eigenvalue weighted by Crippen LogP contribution is -2.34. The monoisotopic (exact) mass is 200 g/mol. The lowest BCUT2D eigenvalue weighted by atomic mass is 9.97. The van der Waals surface area contributed by atoms with Gasteiger partial charge in [0.1, 0.15) is 0 Å². The van der Waals surface area contributed by atoms with Crippen LogP contribution >= 0.6 is 0 Å². The predicted octanol–water partition coefficient (Wildman–Crippen LogP) is 0.546. The van der Waals surface area contributed by atoms with Crippen LogP contribution in [-0.4, -0.2) is 32.6 Å².